The molecule has 160 valence electrons. The van der Waals surface area contributed by atoms with Gasteiger partial charge >= 0.3 is 0 Å². The summed E-state index contributed by atoms with van der Waals surface area (Å²) in [5.74, 6) is -0.630. The van der Waals surface area contributed by atoms with Crippen molar-refractivity contribution in [1.29, 1.82) is 0 Å². The van der Waals surface area contributed by atoms with E-state index in [4.69, 9.17) is 4.84 Å². The first-order chi connectivity index (χ1) is 14.3. The third kappa shape index (κ3) is 4.69. The molecule has 1 N–H and O–H groups in total. The van der Waals surface area contributed by atoms with Gasteiger partial charge < -0.3 is 10.2 Å². The Bertz CT molecular complexity index is 1030. The molecule has 1 heterocycles. The summed E-state index contributed by atoms with van der Waals surface area (Å²) in [5, 5.41) is 2.74. The Labute approximate surface area is 176 Å². The van der Waals surface area contributed by atoms with Gasteiger partial charge in [-0.2, -0.15) is 0 Å². The Morgan fingerprint density at radius 2 is 1.73 bits per heavy atom. The van der Waals surface area contributed by atoms with Gasteiger partial charge in [0.05, 0.1) is 23.3 Å². The van der Waals surface area contributed by atoms with Crippen molar-refractivity contribution in [1.82, 2.24) is 9.37 Å². The summed E-state index contributed by atoms with van der Waals surface area (Å²) in [4.78, 5) is 32.2. The molecule has 0 radical (unpaired) electrons. The van der Waals surface area contributed by atoms with Crippen molar-refractivity contribution < 1.29 is 22.8 Å². The monoisotopic (exact) mass is 431 g/mol. The van der Waals surface area contributed by atoms with Gasteiger partial charge in [0.2, 0.25) is 0 Å². The lowest BCUT2D eigenvalue weighted by molar-refractivity contribution is -0.0258. The number of para-hydroxylation sites is 1. The van der Waals surface area contributed by atoms with E-state index in [2.05, 4.69) is 5.32 Å². The van der Waals surface area contributed by atoms with Crippen molar-refractivity contribution in [2.24, 2.45) is 0 Å². The first-order valence-electron chi connectivity index (χ1n) is 9.67. The summed E-state index contributed by atoms with van der Waals surface area (Å²) in [5.41, 5.74) is 0.955. The Morgan fingerprint density at radius 3 is 2.43 bits per heavy atom. The summed E-state index contributed by atoms with van der Waals surface area (Å²) >= 11 is 0. The minimum absolute atomic E-state index is 0.0721. The highest BCUT2D eigenvalue weighted by molar-refractivity contribution is 7.89. The van der Waals surface area contributed by atoms with Gasteiger partial charge in [0.1, 0.15) is 0 Å². The van der Waals surface area contributed by atoms with Crippen LogP contribution in [-0.2, 0) is 14.9 Å². The number of nitrogens with one attached hydrogen (secondary N) is 1. The van der Waals surface area contributed by atoms with Gasteiger partial charge in [-0.1, -0.05) is 22.7 Å². The first-order valence-corrected chi connectivity index (χ1v) is 11.1. The zero-order valence-electron chi connectivity index (χ0n) is 17.0. The molecule has 3 rings (SSSR count). The number of rotatable bonds is 6. The topological polar surface area (TPSA) is 96.0 Å². The van der Waals surface area contributed by atoms with Gasteiger partial charge in [0.15, 0.2) is 0 Å². The largest absolute Gasteiger partial charge is 0.339 e. The lowest BCUT2D eigenvalue weighted by Gasteiger charge is -2.27. The SMILES string of the molecule is CON(C)S(=O)(=O)c1cccc(C(=O)Nc2ccccc2C(=O)N2CCCCC2)c1. The van der Waals surface area contributed by atoms with Crippen LogP contribution in [0.4, 0.5) is 5.69 Å². The molecule has 0 unspecified atom stereocenters. The maximum absolute atomic E-state index is 12.9. The smallest absolute Gasteiger partial charge is 0.264 e. The second-order valence-corrected chi connectivity index (χ2v) is 8.91. The quantitative estimate of drug-likeness (QED) is 0.710. The van der Waals surface area contributed by atoms with Crippen molar-refractivity contribution in [2.75, 3.05) is 32.6 Å². The van der Waals surface area contributed by atoms with Crippen molar-refractivity contribution in [3.05, 3.63) is 59.7 Å². The number of hydroxylamine groups is 1. The fourth-order valence-corrected chi connectivity index (χ4v) is 4.30. The second-order valence-electron chi connectivity index (χ2n) is 6.98. The minimum atomic E-state index is -3.88. The summed E-state index contributed by atoms with van der Waals surface area (Å²) in [6.45, 7) is 1.40. The third-order valence-corrected chi connectivity index (χ3v) is 6.71. The highest BCUT2D eigenvalue weighted by Crippen LogP contribution is 2.22. The van der Waals surface area contributed by atoms with Crippen LogP contribution in [-0.4, -0.2) is 56.8 Å². The van der Waals surface area contributed by atoms with E-state index in [1.165, 1.54) is 38.4 Å². The maximum atomic E-state index is 12.9. The van der Waals surface area contributed by atoms with Gasteiger partial charge in [-0.3, -0.25) is 14.4 Å². The fraction of sp³-hybridized carbons (Fsp3) is 0.333. The van der Waals surface area contributed by atoms with Crippen LogP contribution in [0.3, 0.4) is 0 Å². The van der Waals surface area contributed by atoms with Crippen LogP contribution in [0.1, 0.15) is 40.0 Å². The van der Waals surface area contributed by atoms with E-state index in [1.54, 1.807) is 29.2 Å². The molecule has 8 nitrogen and oxygen atoms in total. The van der Waals surface area contributed by atoms with Crippen LogP contribution in [0, 0.1) is 0 Å². The number of hydrogen-bond donors (Lipinski definition) is 1. The standard InChI is InChI=1S/C21H25N3O5S/c1-23(29-2)30(27,28)17-10-8-9-16(15-17)20(25)22-19-12-5-4-11-18(19)21(26)24-13-6-3-7-14-24/h4-5,8-12,15H,3,6-7,13-14H2,1-2H3,(H,22,25). The van der Waals surface area contributed by atoms with Gasteiger partial charge in [-0.05, 0) is 49.6 Å². The number of benzene rings is 2. The molecular formula is C21H25N3O5S. The molecule has 2 amide bonds. The highest BCUT2D eigenvalue weighted by atomic mass is 32.2. The molecule has 1 fully saturated rings. The Morgan fingerprint density at radius 1 is 1.03 bits per heavy atom. The van der Waals surface area contributed by atoms with Gasteiger partial charge in [0, 0.05) is 25.7 Å². The van der Waals surface area contributed by atoms with Crippen LogP contribution in [0.25, 0.3) is 0 Å². The first kappa shape index (κ1) is 21.9. The van der Waals surface area contributed by atoms with Crippen molar-refractivity contribution in [3.8, 4) is 0 Å². The Hall–Kier alpha value is -2.75. The van der Waals surface area contributed by atoms with E-state index in [0.29, 0.717) is 24.3 Å². The van der Waals surface area contributed by atoms with E-state index in [9.17, 15) is 18.0 Å². The third-order valence-electron chi connectivity index (χ3n) is 5.04. The van der Waals surface area contributed by atoms with Gasteiger partial charge in [-0.25, -0.2) is 8.42 Å². The zero-order valence-corrected chi connectivity index (χ0v) is 17.8. The number of carbonyl (C=O) groups excluding carboxylic acids is 2. The molecule has 0 atom stereocenters. The van der Waals surface area contributed by atoms with Crippen LogP contribution in [0.5, 0.6) is 0 Å². The molecular weight excluding hydrogens is 406 g/mol. The summed E-state index contributed by atoms with van der Waals surface area (Å²) < 4.78 is 25.6. The van der Waals surface area contributed by atoms with Crippen LogP contribution in [0.2, 0.25) is 0 Å². The molecule has 0 bridgehead atoms. The van der Waals surface area contributed by atoms with Crippen molar-refractivity contribution in [2.45, 2.75) is 24.2 Å². The Kier molecular flexibility index (Phi) is 6.86. The number of hydrogen-bond acceptors (Lipinski definition) is 5. The molecule has 0 saturated carbocycles. The van der Waals surface area contributed by atoms with E-state index < -0.39 is 15.9 Å². The summed E-state index contributed by atoms with van der Waals surface area (Å²) in [7, 11) is -1.37. The van der Waals surface area contributed by atoms with Crippen molar-refractivity contribution in [3.63, 3.8) is 0 Å². The molecule has 30 heavy (non-hydrogen) atoms. The highest BCUT2D eigenvalue weighted by Gasteiger charge is 2.24. The molecule has 9 heteroatoms. The second kappa shape index (κ2) is 9.38. The molecule has 0 aromatic heterocycles. The predicted octanol–water partition coefficient (Wildman–Crippen LogP) is 2.75. The molecule has 1 aliphatic rings. The van der Waals surface area contributed by atoms with E-state index in [1.807, 2.05) is 0 Å². The number of likely N-dealkylation sites (tertiary alicyclic amines) is 1. The lowest BCUT2D eigenvalue weighted by atomic mass is 10.1. The van der Waals surface area contributed by atoms with Crippen LogP contribution < -0.4 is 5.32 Å². The number of carbonyl (C=O) groups is 2. The van der Waals surface area contributed by atoms with Gasteiger partial charge in [0.25, 0.3) is 21.8 Å². The Balaban J connectivity index is 1.84. The van der Waals surface area contributed by atoms with E-state index >= 15 is 0 Å². The number of piperidine rings is 1. The number of nitrogens with zero attached hydrogens (tertiary/aromatic N) is 2. The minimum Gasteiger partial charge on any atom is -0.339 e. The molecule has 1 saturated heterocycles. The van der Waals surface area contributed by atoms with E-state index in [-0.39, 0.29) is 16.4 Å². The lowest BCUT2D eigenvalue weighted by Crippen LogP contribution is -2.36. The summed E-state index contributed by atoms with van der Waals surface area (Å²) in [6, 6.07) is 12.5. The summed E-state index contributed by atoms with van der Waals surface area (Å²) in [6.07, 6.45) is 3.05. The van der Waals surface area contributed by atoms with Crippen LogP contribution in [0.15, 0.2) is 53.4 Å². The number of amides is 2. The van der Waals surface area contributed by atoms with E-state index in [0.717, 1.165) is 23.7 Å². The fourth-order valence-electron chi connectivity index (χ4n) is 3.28. The molecule has 2 aromatic rings. The van der Waals surface area contributed by atoms with Crippen LogP contribution >= 0.6 is 0 Å². The maximum Gasteiger partial charge on any atom is 0.264 e. The number of anilines is 1. The average molecular weight is 432 g/mol. The average Bonchev–Trinajstić information content (AvgIpc) is 2.79. The van der Waals surface area contributed by atoms with Gasteiger partial charge in [-0.15, -0.1) is 0 Å². The zero-order chi connectivity index (χ0) is 21.7. The van der Waals surface area contributed by atoms with Crippen molar-refractivity contribution >= 4 is 27.5 Å². The molecule has 1 aliphatic heterocycles. The molecule has 0 aliphatic carbocycles. The number of sulfonamides is 1. The molecule has 2 aromatic carbocycles. The predicted molar refractivity (Wildman–Crippen MR) is 113 cm³/mol. The molecule has 0 spiro atoms. The normalized spacial score (nSPS) is 14.6.